The first-order valence-electron chi connectivity index (χ1n) is 12.1. The second-order valence-electron chi connectivity index (χ2n) is 10.4. The molecule has 1 unspecified atom stereocenters. The highest BCUT2D eigenvalue weighted by Gasteiger charge is 2.32. The maximum absolute atomic E-state index is 13.1. The van der Waals surface area contributed by atoms with Crippen LogP contribution in [0.2, 0.25) is 0 Å². The third kappa shape index (κ3) is 9.50. The van der Waals surface area contributed by atoms with Crippen LogP contribution in [0, 0.1) is 11.3 Å². The van der Waals surface area contributed by atoms with E-state index < -0.39 is 26.8 Å². The predicted octanol–water partition coefficient (Wildman–Crippen LogP) is 5.92. The Morgan fingerprint density at radius 3 is 2.29 bits per heavy atom. The molecule has 0 spiro atoms. The average molecular weight is 560 g/mol. The first-order valence-corrected chi connectivity index (χ1v) is 13.5. The number of amides is 1. The molecule has 0 bridgehead atoms. The average Bonchev–Trinajstić information content (AvgIpc) is 2.80. The molecule has 0 aliphatic carbocycles. The van der Waals surface area contributed by atoms with Gasteiger partial charge in [0.2, 0.25) is 5.91 Å². The molecule has 212 valence electrons. The van der Waals surface area contributed by atoms with Gasteiger partial charge >= 0.3 is 16.3 Å². The summed E-state index contributed by atoms with van der Waals surface area (Å²) in [5.74, 6) is -0.0610. The lowest BCUT2D eigenvalue weighted by Crippen LogP contribution is -2.34. The highest BCUT2D eigenvalue weighted by atomic mass is 32.2. The van der Waals surface area contributed by atoms with Gasteiger partial charge in [0.05, 0.1) is 19.3 Å². The summed E-state index contributed by atoms with van der Waals surface area (Å²) >= 11 is 0. The molecule has 2 aromatic carbocycles. The Morgan fingerprint density at radius 1 is 1.03 bits per heavy atom. The lowest BCUT2D eigenvalue weighted by molar-refractivity contribution is -0.137. The smallest absolute Gasteiger partial charge is 0.416 e. The van der Waals surface area contributed by atoms with Crippen molar-refractivity contribution in [2.75, 3.05) is 27.4 Å². The van der Waals surface area contributed by atoms with E-state index in [-0.39, 0.29) is 35.3 Å². The van der Waals surface area contributed by atoms with Crippen LogP contribution in [0.1, 0.15) is 51.7 Å². The zero-order chi connectivity index (χ0) is 28.7. The lowest BCUT2D eigenvalue weighted by Gasteiger charge is -2.27. The number of hydrogen-bond donors (Lipinski definition) is 0. The number of halogens is 3. The molecule has 0 aliphatic heterocycles. The van der Waals surface area contributed by atoms with Crippen LogP contribution in [0.25, 0.3) is 0 Å². The zero-order valence-electron chi connectivity index (χ0n) is 22.6. The standard InChI is InChI=1S/C27H36F3NO6S/c1-19(17-26(2,3)4)14-25(32)31(12-13-35-5)18-20-10-11-23(36-6)24(15-20)37-38(33,34)22-9-7-8-21(16-22)27(28,29)30/h7-11,15-16,19H,12-14,17-18H2,1-6H3. The van der Waals surface area contributed by atoms with Gasteiger partial charge < -0.3 is 18.6 Å². The summed E-state index contributed by atoms with van der Waals surface area (Å²) in [6, 6.07) is 7.83. The number of carbonyl (C=O) groups excluding carboxylic acids is 1. The summed E-state index contributed by atoms with van der Waals surface area (Å²) in [7, 11) is -1.78. The molecule has 0 saturated carbocycles. The number of nitrogens with zero attached hydrogens (tertiary/aromatic N) is 1. The van der Waals surface area contributed by atoms with Crippen LogP contribution < -0.4 is 8.92 Å². The molecule has 1 amide bonds. The van der Waals surface area contributed by atoms with Crippen molar-refractivity contribution in [2.24, 2.45) is 11.3 Å². The topological polar surface area (TPSA) is 82.1 Å². The summed E-state index contributed by atoms with van der Waals surface area (Å²) in [5.41, 5.74) is -0.492. The number of carbonyl (C=O) groups is 1. The van der Waals surface area contributed by atoms with Crippen LogP contribution >= 0.6 is 0 Å². The normalized spacial score (nSPS) is 13.2. The van der Waals surface area contributed by atoms with Gasteiger partial charge in [-0.15, -0.1) is 0 Å². The fourth-order valence-electron chi connectivity index (χ4n) is 4.14. The monoisotopic (exact) mass is 559 g/mol. The lowest BCUT2D eigenvalue weighted by atomic mass is 9.84. The van der Waals surface area contributed by atoms with E-state index in [4.69, 9.17) is 13.7 Å². The second kappa shape index (κ2) is 12.8. The van der Waals surface area contributed by atoms with Crippen molar-refractivity contribution in [2.45, 2.75) is 58.2 Å². The number of rotatable bonds is 12. The van der Waals surface area contributed by atoms with E-state index in [9.17, 15) is 26.4 Å². The van der Waals surface area contributed by atoms with Gasteiger partial charge in [0.1, 0.15) is 4.90 Å². The van der Waals surface area contributed by atoms with Gasteiger partial charge in [0.15, 0.2) is 11.5 Å². The highest BCUT2D eigenvalue weighted by Crippen LogP contribution is 2.34. The largest absolute Gasteiger partial charge is 0.493 e. The molecule has 0 radical (unpaired) electrons. The minimum atomic E-state index is -4.72. The van der Waals surface area contributed by atoms with Gasteiger partial charge in [-0.3, -0.25) is 4.79 Å². The summed E-state index contributed by atoms with van der Waals surface area (Å²) < 4.78 is 80.5. The van der Waals surface area contributed by atoms with Crippen molar-refractivity contribution in [3.05, 3.63) is 53.6 Å². The number of ether oxygens (including phenoxy) is 2. The van der Waals surface area contributed by atoms with Crippen molar-refractivity contribution in [1.82, 2.24) is 4.90 Å². The van der Waals surface area contributed by atoms with E-state index in [0.29, 0.717) is 31.2 Å². The minimum absolute atomic E-state index is 0.0675. The Morgan fingerprint density at radius 2 is 1.71 bits per heavy atom. The van der Waals surface area contributed by atoms with E-state index in [2.05, 4.69) is 20.8 Å². The van der Waals surface area contributed by atoms with E-state index in [1.54, 1.807) is 11.0 Å². The number of alkyl halides is 3. The summed E-state index contributed by atoms with van der Waals surface area (Å²) in [5, 5.41) is 0. The van der Waals surface area contributed by atoms with E-state index in [1.165, 1.54) is 26.4 Å². The Kier molecular flexibility index (Phi) is 10.6. The molecule has 1 atom stereocenters. The summed E-state index contributed by atoms with van der Waals surface area (Å²) in [6.45, 7) is 9.14. The summed E-state index contributed by atoms with van der Waals surface area (Å²) in [6.07, 6.45) is -3.51. The van der Waals surface area contributed by atoms with Gasteiger partial charge in [0, 0.05) is 26.6 Å². The number of hydrogen-bond acceptors (Lipinski definition) is 6. The fraction of sp³-hybridized carbons (Fsp3) is 0.519. The van der Waals surface area contributed by atoms with Crippen molar-refractivity contribution in [3.63, 3.8) is 0 Å². The molecule has 0 fully saturated rings. The minimum Gasteiger partial charge on any atom is -0.493 e. The Labute approximate surface area is 223 Å². The first-order chi connectivity index (χ1) is 17.6. The maximum atomic E-state index is 13.1. The molecular weight excluding hydrogens is 523 g/mol. The van der Waals surface area contributed by atoms with Crippen LogP contribution in [0.5, 0.6) is 11.5 Å². The maximum Gasteiger partial charge on any atom is 0.416 e. The SMILES string of the molecule is COCCN(Cc1ccc(OC)c(OS(=O)(=O)c2cccc(C(F)(F)F)c2)c1)C(=O)CC(C)CC(C)(C)C. The van der Waals surface area contributed by atoms with Gasteiger partial charge in [-0.05, 0) is 53.6 Å². The zero-order valence-corrected chi connectivity index (χ0v) is 23.4. The quantitative estimate of drug-likeness (QED) is 0.300. The molecule has 11 heteroatoms. The van der Waals surface area contributed by atoms with E-state index in [0.717, 1.165) is 24.6 Å². The highest BCUT2D eigenvalue weighted by molar-refractivity contribution is 7.87. The van der Waals surface area contributed by atoms with E-state index in [1.807, 2.05) is 6.92 Å². The van der Waals surface area contributed by atoms with Crippen molar-refractivity contribution >= 4 is 16.0 Å². The second-order valence-corrected chi connectivity index (χ2v) is 12.0. The van der Waals surface area contributed by atoms with Crippen LogP contribution in [0.15, 0.2) is 47.4 Å². The van der Waals surface area contributed by atoms with Crippen molar-refractivity contribution in [3.8, 4) is 11.5 Å². The molecular formula is C27H36F3NO6S. The van der Waals surface area contributed by atoms with Crippen molar-refractivity contribution < 1.29 is 40.0 Å². The predicted molar refractivity (Wildman–Crippen MR) is 137 cm³/mol. The van der Waals surface area contributed by atoms with E-state index >= 15 is 0 Å². The summed E-state index contributed by atoms with van der Waals surface area (Å²) in [4.78, 5) is 14.1. The molecule has 7 nitrogen and oxygen atoms in total. The Hall–Kier alpha value is -2.79. The Bertz CT molecular complexity index is 1190. The number of benzene rings is 2. The molecule has 0 N–H and O–H groups in total. The molecule has 2 aromatic rings. The van der Waals surface area contributed by atoms with Gasteiger partial charge in [0.25, 0.3) is 0 Å². The van der Waals surface area contributed by atoms with Gasteiger partial charge in [-0.25, -0.2) is 0 Å². The third-order valence-corrected chi connectivity index (χ3v) is 6.88. The van der Waals surface area contributed by atoms with Gasteiger partial charge in [-0.1, -0.05) is 39.8 Å². The van der Waals surface area contributed by atoms with Gasteiger partial charge in [-0.2, -0.15) is 21.6 Å². The van der Waals surface area contributed by atoms with Crippen LogP contribution in [0.4, 0.5) is 13.2 Å². The molecule has 38 heavy (non-hydrogen) atoms. The molecule has 0 aliphatic rings. The molecule has 2 rings (SSSR count). The molecule has 0 aromatic heterocycles. The number of methoxy groups -OCH3 is 2. The first kappa shape index (κ1) is 31.4. The van der Waals surface area contributed by atoms with Crippen molar-refractivity contribution in [1.29, 1.82) is 0 Å². The van der Waals surface area contributed by atoms with Crippen LogP contribution in [0.3, 0.4) is 0 Å². The molecule has 0 saturated heterocycles. The Balaban J connectivity index is 2.31. The van der Waals surface area contributed by atoms with Crippen LogP contribution in [-0.2, 0) is 32.4 Å². The third-order valence-electron chi connectivity index (χ3n) is 5.65. The molecule has 0 heterocycles. The van der Waals surface area contributed by atoms with Crippen LogP contribution in [-0.4, -0.2) is 46.6 Å². The fourth-order valence-corrected chi connectivity index (χ4v) is 5.12.